The van der Waals surface area contributed by atoms with E-state index in [2.05, 4.69) is 136 Å². The van der Waals surface area contributed by atoms with Crippen molar-refractivity contribution in [1.29, 1.82) is 0 Å². The quantitative estimate of drug-likeness (QED) is 0.0181. The lowest BCUT2D eigenvalue weighted by Gasteiger charge is -2.12. The van der Waals surface area contributed by atoms with E-state index >= 15 is 0 Å². The maximum atomic E-state index is 13.7. The van der Waals surface area contributed by atoms with Crippen molar-refractivity contribution >= 4 is 123 Å². The maximum Gasteiger partial charge on any atom is 0.416 e. The van der Waals surface area contributed by atoms with E-state index in [9.17, 15) is 45.9 Å². The van der Waals surface area contributed by atoms with E-state index in [1.165, 1.54) is 30.5 Å². The number of allylic oxidation sites excluding steroid dienone is 5. The highest BCUT2D eigenvalue weighted by Crippen LogP contribution is 2.40. The maximum absolute atomic E-state index is 13.7. The topological polar surface area (TPSA) is 399 Å². The van der Waals surface area contributed by atoms with Crippen LogP contribution in [0.5, 0.6) is 0 Å². The Balaban J connectivity index is 0.000000106. The minimum atomic E-state index is -4.44. The van der Waals surface area contributed by atoms with Crippen LogP contribution >= 0.6 is 0 Å². The molecule has 10 N–H and O–H groups in total. The van der Waals surface area contributed by atoms with Gasteiger partial charge in [-0.1, -0.05) is 57.2 Å². The molecule has 2 aromatic carbocycles. The number of benzene rings is 2. The number of nitrogens with zero attached hydrogens (tertiary/aromatic N) is 19. The second-order valence-corrected chi connectivity index (χ2v) is 36.9. The molecule has 34 nitrogen and oxygen atoms in total. The van der Waals surface area contributed by atoms with Crippen molar-refractivity contribution in [1.82, 2.24) is 115 Å². The van der Waals surface area contributed by atoms with Crippen LogP contribution in [0.25, 0.3) is 115 Å². The predicted octanol–water partition coefficient (Wildman–Crippen LogP) is 16.5. The van der Waals surface area contributed by atoms with Gasteiger partial charge in [0.1, 0.15) is 40.7 Å². The van der Waals surface area contributed by atoms with Crippen molar-refractivity contribution in [2.45, 2.75) is 133 Å². The van der Waals surface area contributed by atoms with E-state index < -0.39 is 17.7 Å². The molecule has 13 aromatic heterocycles. The van der Waals surface area contributed by atoms with Gasteiger partial charge in [-0.05, 0) is 155 Å². The number of rotatable bonds is 21. The van der Waals surface area contributed by atoms with Crippen LogP contribution in [0.2, 0.25) is 0 Å². The summed E-state index contributed by atoms with van der Waals surface area (Å²) in [6.45, 7) is 19.1. The van der Waals surface area contributed by atoms with E-state index in [1.54, 1.807) is 108 Å². The molecule has 25 rings (SSSR count). The van der Waals surface area contributed by atoms with Crippen LogP contribution in [0.15, 0.2) is 260 Å². The molecule has 0 bridgehead atoms. The van der Waals surface area contributed by atoms with Crippen LogP contribution in [0, 0.1) is 11.8 Å². The number of halogens is 5. The van der Waals surface area contributed by atoms with Crippen molar-refractivity contribution in [3.63, 3.8) is 0 Å². The van der Waals surface area contributed by atoms with Gasteiger partial charge >= 0.3 is 6.18 Å². The first kappa shape index (κ1) is 92.5. The number of carbonyl (C=O) groups excluding carboxylic acids is 5. The van der Waals surface area contributed by atoms with Crippen molar-refractivity contribution in [3.8, 4) is 56.3 Å². The number of hydrogen-bond acceptors (Lipinski definition) is 24. The third kappa shape index (κ3) is 20.9. The number of pyridine rings is 3. The Morgan fingerprint density at radius 3 is 1.00 bits per heavy atom. The summed E-state index contributed by atoms with van der Waals surface area (Å²) in [5.74, 6) is 3.36. The number of fused-ring (bicyclic) bond motifs is 5. The van der Waals surface area contributed by atoms with E-state index in [4.69, 9.17) is 15.0 Å². The fourth-order valence-corrected chi connectivity index (χ4v) is 16.7. The van der Waals surface area contributed by atoms with Crippen LogP contribution in [0.4, 0.5) is 56.9 Å². The lowest BCUT2D eigenvalue weighted by atomic mass is 10.1. The van der Waals surface area contributed by atoms with Gasteiger partial charge in [-0.15, -0.1) is 0 Å². The minimum absolute atomic E-state index is 0.112. The summed E-state index contributed by atoms with van der Waals surface area (Å²) in [6, 6.07) is 33.9. The summed E-state index contributed by atoms with van der Waals surface area (Å²) in [7, 11) is 3.92. The Labute approximate surface area is 819 Å². The summed E-state index contributed by atoms with van der Waals surface area (Å²) in [5.41, 5.74) is 19.5. The van der Waals surface area contributed by atoms with Gasteiger partial charge < -0.3 is 58.1 Å². The van der Waals surface area contributed by atoms with Crippen molar-refractivity contribution in [2.24, 2.45) is 0 Å². The van der Waals surface area contributed by atoms with Gasteiger partial charge in [-0.25, -0.2) is 39.3 Å². The zero-order chi connectivity index (χ0) is 99.5. The number of carbonyl (C=O) groups is 5. The zero-order valence-electron chi connectivity index (χ0n) is 78.0. The lowest BCUT2D eigenvalue weighted by molar-refractivity contribution is -0.137. The summed E-state index contributed by atoms with van der Waals surface area (Å²) in [4.78, 5) is 97.9. The fraction of sp³-hybridized carbons (Fsp3) is 0.219. The minimum Gasteiger partial charge on any atom is -0.367 e. The molecule has 144 heavy (non-hydrogen) atoms. The van der Waals surface area contributed by atoms with Gasteiger partial charge in [-0.3, -0.25) is 29.0 Å². The first-order valence-electron chi connectivity index (χ1n) is 46.9. The number of hydrogen-bond donors (Lipinski definition) is 10. The number of aromatic nitrogens is 18. The van der Waals surface area contributed by atoms with Crippen LogP contribution in [-0.2, 0) is 30.1 Å². The Kier molecular flexibility index (Phi) is 24.7. The number of alkyl halides is 3. The average Bonchev–Trinajstić information content (AvgIpc) is 1.62. The molecule has 5 saturated carbocycles. The van der Waals surface area contributed by atoms with Gasteiger partial charge in [0.05, 0.1) is 71.4 Å². The van der Waals surface area contributed by atoms with Crippen molar-refractivity contribution in [3.05, 3.63) is 305 Å². The van der Waals surface area contributed by atoms with Gasteiger partial charge in [0, 0.05) is 238 Å². The van der Waals surface area contributed by atoms with Crippen LogP contribution < -0.4 is 58.1 Å². The van der Waals surface area contributed by atoms with Gasteiger partial charge in [-0.2, -0.15) is 65.6 Å². The molecule has 0 radical (unpaired) electrons. The van der Waals surface area contributed by atoms with Crippen molar-refractivity contribution < 1.29 is 45.9 Å². The average molecular weight is 1940 g/mol. The molecule has 10 fully saturated rings. The second kappa shape index (κ2) is 38.4. The highest BCUT2D eigenvalue weighted by atomic mass is 19.4. The molecule has 0 spiro atoms. The van der Waals surface area contributed by atoms with E-state index in [1.807, 2.05) is 91.9 Å². The van der Waals surface area contributed by atoms with Crippen LogP contribution in [0.1, 0.15) is 130 Å². The molecule has 10 aliphatic rings. The van der Waals surface area contributed by atoms with E-state index in [-0.39, 0.29) is 41.8 Å². The number of amides is 5. The molecule has 5 amide bonds. The predicted molar refractivity (Wildman–Crippen MR) is 537 cm³/mol. The highest BCUT2D eigenvalue weighted by Gasteiger charge is 2.35. The summed E-state index contributed by atoms with van der Waals surface area (Å²) >= 11 is 0. The number of nitrogens with one attached hydrogen (secondary N) is 10. The Hall–Kier alpha value is -17.8. The normalized spacial score (nSPS) is 18.0. The lowest BCUT2D eigenvalue weighted by Crippen LogP contribution is -2.12. The van der Waals surface area contributed by atoms with Crippen LogP contribution in [0.3, 0.4) is 0 Å². The standard InChI is InChI=1S/C22H18F3N5O.C22H23N7O.C21H18FN5O.C20H17FN6O.C20H18N6O/c1-12-14(9-20(31)27-12)7-15-11-26-30-19(28-17-5-6-17)10-18(29-21(15)30)13-3-2-4-16(8-13)22(23,24)25;1-13-8-15(22(30)25-13)9-16-12-24-29-20(26-17-5-6-17)10-18(27-21(16)29)14-4-7-19(23-11-14)28(2)3;1-12-7-14(21(28)24-12)8-15-11-23-27-19(25-17-5-6-17)10-18(26-20(15)27)13-3-2-4-16(22)9-13;1-11-6-13(20(28)24-11)7-14-10-23-27-18(25-15-2-3-15)9-16(26-19(14)27)12-4-5-22-17(21)8-12;1-12-7-14(20(27)23-12)8-15-11-22-26-18(24-16-4-5-16)9-17(25-19(15)26)13-3-2-6-21-10-13/h2-4,7-8,10-11,17,28H,1,5-6,9H2,(H,27,31);4,7,9-12,17,26H,1,5-6,8H2,2-3H3,(H,25,30);2-4,8-11,17,25H,1,5-7H2,(H,24,28);4-5,7-10,15,25H,1-3,6H2,(H,24,28);2-3,6,8-11,16,24H,1,4-5,7H2,(H,23,27)/b14-7+;15-9+;14-8+;13-7+;14-8+. The first-order chi connectivity index (χ1) is 69.5. The largest absolute Gasteiger partial charge is 0.416 e. The third-order valence-electron chi connectivity index (χ3n) is 24.9. The molecule has 15 aromatic rings. The summed E-state index contributed by atoms with van der Waals surface area (Å²) in [5, 5.41) is 53.2. The van der Waals surface area contributed by atoms with Gasteiger partial charge in [0.25, 0.3) is 23.6 Å². The molecule has 0 atom stereocenters. The van der Waals surface area contributed by atoms with Gasteiger partial charge in [0.15, 0.2) is 28.2 Å². The molecule has 39 heteroatoms. The molecule has 724 valence electrons. The van der Waals surface area contributed by atoms with Gasteiger partial charge in [0.2, 0.25) is 11.9 Å². The number of anilines is 6. The molecule has 5 aliphatic heterocycles. The smallest absolute Gasteiger partial charge is 0.367 e. The SMILES string of the molecule is C=C1C/C(=C\c2cnn3c(NC4CC4)cc(-c4ccc(N(C)C)nc4)nc23)C(=O)N1.C=C1C/C(=C\c2cnn3c(NC4CC4)cc(-c4cccc(F)c4)nc23)C(=O)N1.C=C1C/C(=C\c2cnn3c(NC4CC4)cc(-c4cccnc4)nc23)C(=O)N1.C=C1C/C(=C\c2cnn3c(NC4CC4)cc(-c4ccnc(F)c4)nc23)C(=O)N1.C=C1NC(=O)C/C1=C\c1cnn2c(NC3CC3)cc(-c3cccc(C(F)(F)F)c3)nc12. The monoisotopic (exact) mass is 1940 g/mol. The van der Waals surface area contributed by atoms with Crippen LogP contribution in [-0.4, -0.2) is 162 Å². The molecular weight excluding hydrogens is 1840 g/mol. The molecular formula is C105H94F5N29O5. The summed E-state index contributed by atoms with van der Waals surface area (Å²) in [6.07, 6.45) is 33.2. The molecule has 0 unspecified atom stereocenters. The molecule has 5 aliphatic carbocycles. The zero-order valence-corrected chi connectivity index (χ0v) is 78.0. The van der Waals surface area contributed by atoms with Crippen molar-refractivity contribution in [2.75, 3.05) is 45.6 Å². The molecule has 5 saturated heterocycles. The van der Waals surface area contributed by atoms with E-state index in [0.717, 1.165) is 156 Å². The molecule has 18 heterocycles. The van der Waals surface area contributed by atoms with E-state index in [0.29, 0.717) is 180 Å². The Morgan fingerprint density at radius 1 is 0.361 bits per heavy atom. The Morgan fingerprint density at radius 2 is 0.701 bits per heavy atom. The fourth-order valence-electron chi connectivity index (χ4n) is 16.7. The Bertz CT molecular complexity index is 7830. The second-order valence-electron chi connectivity index (χ2n) is 36.9. The summed E-state index contributed by atoms with van der Waals surface area (Å²) < 4.78 is 75.7. The third-order valence-corrected chi connectivity index (χ3v) is 24.9. The highest BCUT2D eigenvalue weighted by molar-refractivity contribution is 6.05. The first-order valence-corrected chi connectivity index (χ1v) is 46.9.